The van der Waals surface area contributed by atoms with Crippen LogP contribution in [-0.4, -0.2) is 15.5 Å². The van der Waals surface area contributed by atoms with Gasteiger partial charge in [0.05, 0.1) is 23.3 Å². The molecule has 6 heteroatoms. The van der Waals surface area contributed by atoms with E-state index in [-0.39, 0.29) is 24.1 Å². The molecule has 0 saturated carbocycles. The average Bonchev–Trinajstić information content (AvgIpc) is 2.69. The van der Waals surface area contributed by atoms with Crippen LogP contribution in [-0.2, 0) is 11.3 Å². The van der Waals surface area contributed by atoms with Crippen LogP contribution in [0.25, 0.3) is 21.7 Å². The predicted molar refractivity (Wildman–Crippen MR) is 112 cm³/mol. The molecule has 4 rings (SSSR count). The van der Waals surface area contributed by atoms with Crippen LogP contribution in [0.4, 0.5) is 0 Å². The standard InChI is InChI=1S/C22H18ClN3O2/c1-14(17-8-4-6-15-5-2-3-7-18(15)17)25-21(27)12-26-13-24-20-11-16(23)9-10-19(20)22(26)28/h2-11,13-14H,12H2,1H3,(H,25,27). The summed E-state index contributed by atoms with van der Waals surface area (Å²) in [5, 5.41) is 6.14. The molecule has 1 aromatic heterocycles. The highest BCUT2D eigenvalue weighted by Crippen LogP contribution is 2.24. The van der Waals surface area contributed by atoms with E-state index in [1.165, 1.54) is 10.9 Å². The van der Waals surface area contributed by atoms with Crippen molar-refractivity contribution in [2.45, 2.75) is 19.5 Å². The van der Waals surface area contributed by atoms with E-state index in [9.17, 15) is 9.59 Å². The van der Waals surface area contributed by atoms with Gasteiger partial charge in [-0.25, -0.2) is 4.98 Å². The zero-order chi connectivity index (χ0) is 19.7. The molecule has 3 aromatic carbocycles. The lowest BCUT2D eigenvalue weighted by Crippen LogP contribution is -2.34. The van der Waals surface area contributed by atoms with E-state index in [2.05, 4.69) is 10.3 Å². The van der Waals surface area contributed by atoms with Gasteiger partial charge in [-0.3, -0.25) is 14.2 Å². The minimum Gasteiger partial charge on any atom is -0.348 e. The number of hydrogen-bond donors (Lipinski definition) is 1. The van der Waals surface area contributed by atoms with Crippen LogP contribution in [0.2, 0.25) is 5.02 Å². The Morgan fingerprint density at radius 3 is 2.75 bits per heavy atom. The second kappa shape index (κ2) is 7.44. The molecule has 1 heterocycles. The van der Waals surface area contributed by atoms with Crippen LogP contribution < -0.4 is 10.9 Å². The van der Waals surface area contributed by atoms with Gasteiger partial charge in [0.15, 0.2) is 0 Å². The minimum atomic E-state index is -0.269. The summed E-state index contributed by atoms with van der Waals surface area (Å²) in [5.41, 5.74) is 1.28. The molecule has 5 nitrogen and oxygen atoms in total. The van der Waals surface area contributed by atoms with E-state index in [0.717, 1.165) is 16.3 Å². The summed E-state index contributed by atoms with van der Waals surface area (Å²) in [6.45, 7) is 1.84. The van der Waals surface area contributed by atoms with Crippen LogP contribution in [0.1, 0.15) is 18.5 Å². The Labute approximate surface area is 166 Å². The molecule has 0 saturated heterocycles. The quantitative estimate of drug-likeness (QED) is 0.570. The molecule has 0 radical (unpaired) electrons. The number of carbonyl (C=O) groups is 1. The zero-order valence-corrected chi connectivity index (χ0v) is 16.0. The number of hydrogen-bond acceptors (Lipinski definition) is 3. The summed E-state index contributed by atoms with van der Waals surface area (Å²) < 4.78 is 1.31. The molecule has 4 aromatic rings. The van der Waals surface area contributed by atoms with E-state index in [1.54, 1.807) is 18.2 Å². The predicted octanol–water partition coefficient (Wildman–Crippen LogP) is 4.08. The van der Waals surface area contributed by atoms with Crippen molar-refractivity contribution >= 4 is 39.2 Å². The smallest absolute Gasteiger partial charge is 0.261 e. The number of halogens is 1. The number of fused-ring (bicyclic) bond motifs is 2. The number of amides is 1. The maximum absolute atomic E-state index is 12.6. The topological polar surface area (TPSA) is 64.0 Å². The Hall–Kier alpha value is -3.18. The first kappa shape index (κ1) is 18.2. The molecule has 28 heavy (non-hydrogen) atoms. The number of carbonyl (C=O) groups excluding carboxylic acids is 1. The first-order chi connectivity index (χ1) is 13.5. The third kappa shape index (κ3) is 3.49. The van der Waals surface area contributed by atoms with Gasteiger partial charge in [-0.15, -0.1) is 0 Å². The van der Waals surface area contributed by atoms with Crippen molar-refractivity contribution in [3.63, 3.8) is 0 Å². The monoisotopic (exact) mass is 391 g/mol. The number of nitrogens with zero attached hydrogens (tertiary/aromatic N) is 2. The maximum atomic E-state index is 12.6. The third-order valence-corrected chi connectivity index (χ3v) is 5.00. The van der Waals surface area contributed by atoms with Gasteiger partial charge in [0.1, 0.15) is 6.54 Å². The van der Waals surface area contributed by atoms with E-state index in [1.807, 2.05) is 49.4 Å². The van der Waals surface area contributed by atoms with Crippen molar-refractivity contribution in [2.75, 3.05) is 0 Å². The SMILES string of the molecule is CC(NC(=O)Cn1cnc2cc(Cl)ccc2c1=O)c1cccc2ccccc12. The van der Waals surface area contributed by atoms with Crippen LogP contribution in [0.3, 0.4) is 0 Å². The van der Waals surface area contributed by atoms with Crippen molar-refractivity contribution in [1.29, 1.82) is 0 Å². The number of aromatic nitrogens is 2. The Morgan fingerprint density at radius 1 is 1.11 bits per heavy atom. The summed E-state index contributed by atoms with van der Waals surface area (Å²) in [6, 6.07) is 18.8. The summed E-state index contributed by atoms with van der Waals surface area (Å²) in [5.74, 6) is -0.252. The fourth-order valence-corrected chi connectivity index (χ4v) is 3.56. The van der Waals surface area contributed by atoms with Gasteiger partial charge in [0.25, 0.3) is 5.56 Å². The molecule has 140 valence electrons. The van der Waals surface area contributed by atoms with Crippen molar-refractivity contribution in [3.8, 4) is 0 Å². The lowest BCUT2D eigenvalue weighted by Gasteiger charge is -2.17. The third-order valence-electron chi connectivity index (χ3n) is 4.77. The Bertz CT molecular complexity index is 1240. The summed E-state index contributed by atoms with van der Waals surface area (Å²) >= 11 is 5.94. The molecule has 0 bridgehead atoms. The van der Waals surface area contributed by atoms with Gasteiger partial charge in [0, 0.05) is 5.02 Å². The highest BCUT2D eigenvalue weighted by atomic mass is 35.5. The number of nitrogens with one attached hydrogen (secondary N) is 1. The summed E-state index contributed by atoms with van der Waals surface area (Å²) in [6.07, 6.45) is 1.38. The highest BCUT2D eigenvalue weighted by Gasteiger charge is 2.14. The van der Waals surface area contributed by atoms with Gasteiger partial charge < -0.3 is 5.32 Å². The summed E-state index contributed by atoms with van der Waals surface area (Å²) in [4.78, 5) is 29.4. The lowest BCUT2D eigenvalue weighted by molar-refractivity contribution is -0.122. The van der Waals surface area contributed by atoms with E-state index >= 15 is 0 Å². The Morgan fingerprint density at radius 2 is 1.89 bits per heavy atom. The second-order valence-corrected chi connectivity index (χ2v) is 7.13. The van der Waals surface area contributed by atoms with E-state index in [0.29, 0.717) is 15.9 Å². The molecule has 1 amide bonds. The lowest BCUT2D eigenvalue weighted by atomic mass is 10.00. The van der Waals surface area contributed by atoms with E-state index in [4.69, 9.17) is 11.6 Å². The Balaban J connectivity index is 1.56. The van der Waals surface area contributed by atoms with Crippen molar-refractivity contribution in [1.82, 2.24) is 14.9 Å². The first-order valence-corrected chi connectivity index (χ1v) is 9.32. The first-order valence-electron chi connectivity index (χ1n) is 8.94. The molecule has 0 aliphatic carbocycles. The maximum Gasteiger partial charge on any atom is 0.261 e. The second-order valence-electron chi connectivity index (χ2n) is 6.70. The molecular weight excluding hydrogens is 374 g/mol. The van der Waals surface area contributed by atoms with Crippen LogP contribution >= 0.6 is 11.6 Å². The molecule has 1 atom stereocenters. The fraction of sp³-hybridized carbons (Fsp3) is 0.136. The normalized spacial score (nSPS) is 12.2. The largest absolute Gasteiger partial charge is 0.348 e. The number of rotatable bonds is 4. The summed E-state index contributed by atoms with van der Waals surface area (Å²) in [7, 11) is 0. The van der Waals surface area contributed by atoms with Gasteiger partial charge in [-0.05, 0) is 41.5 Å². The van der Waals surface area contributed by atoms with Gasteiger partial charge in [-0.2, -0.15) is 0 Å². The molecule has 0 fully saturated rings. The number of benzene rings is 3. The van der Waals surface area contributed by atoms with Gasteiger partial charge in [-0.1, -0.05) is 54.1 Å². The van der Waals surface area contributed by atoms with Crippen molar-refractivity contribution in [2.24, 2.45) is 0 Å². The fourth-order valence-electron chi connectivity index (χ4n) is 3.39. The molecule has 0 aliphatic rings. The minimum absolute atomic E-state index is 0.0977. The van der Waals surface area contributed by atoms with Crippen molar-refractivity contribution in [3.05, 3.63) is 87.9 Å². The molecule has 0 aliphatic heterocycles. The highest BCUT2D eigenvalue weighted by molar-refractivity contribution is 6.31. The van der Waals surface area contributed by atoms with Crippen LogP contribution in [0, 0.1) is 0 Å². The molecule has 1 unspecified atom stereocenters. The van der Waals surface area contributed by atoms with Crippen LogP contribution in [0.5, 0.6) is 0 Å². The molecule has 1 N–H and O–H groups in total. The van der Waals surface area contributed by atoms with Gasteiger partial charge in [0.2, 0.25) is 5.91 Å². The Kier molecular flexibility index (Phi) is 4.84. The molecule has 0 spiro atoms. The average molecular weight is 392 g/mol. The molecular formula is C22H18ClN3O2. The zero-order valence-electron chi connectivity index (χ0n) is 15.2. The van der Waals surface area contributed by atoms with Gasteiger partial charge >= 0.3 is 0 Å². The van der Waals surface area contributed by atoms with E-state index < -0.39 is 0 Å². The van der Waals surface area contributed by atoms with Crippen LogP contribution in [0.15, 0.2) is 71.8 Å². The van der Waals surface area contributed by atoms with Crippen molar-refractivity contribution < 1.29 is 4.79 Å².